The van der Waals surface area contributed by atoms with Gasteiger partial charge < -0.3 is 30.5 Å². The van der Waals surface area contributed by atoms with Gasteiger partial charge in [-0.2, -0.15) is 0 Å². The fraction of sp³-hybridized carbons (Fsp3) is 0.333. The van der Waals surface area contributed by atoms with Crippen LogP contribution in [0.2, 0.25) is 0 Å². The second kappa shape index (κ2) is 14.2. The van der Waals surface area contributed by atoms with E-state index in [2.05, 4.69) is 20.4 Å². The number of anilines is 3. The van der Waals surface area contributed by atoms with Crippen molar-refractivity contribution in [2.24, 2.45) is 5.73 Å². The summed E-state index contributed by atoms with van der Waals surface area (Å²) in [5.41, 5.74) is 9.29. The summed E-state index contributed by atoms with van der Waals surface area (Å²) in [5, 5.41) is 15.1. The molecule has 1 aliphatic rings. The first-order valence-corrected chi connectivity index (χ1v) is 13.5. The number of amides is 2. The van der Waals surface area contributed by atoms with Crippen molar-refractivity contribution in [3.8, 4) is 11.5 Å². The van der Waals surface area contributed by atoms with Crippen LogP contribution in [0.3, 0.4) is 0 Å². The number of hydrogen-bond donors (Lipinski definition) is 4. The van der Waals surface area contributed by atoms with Crippen molar-refractivity contribution >= 4 is 29.1 Å². The number of nitrogens with zero attached hydrogens (tertiary/aromatic N) is 2. The molecule has 1 atom stereocenters. The molecule has 10 nitrogen and oxygen atoms in total. The summed E-state index contributed by atoms with van der Waals surface area (Å²) in [5.74, 6) is 0.523. The van der Waals surface area contributed by atoms with E-state index < -0.39 is 12.1 Å². The summed E-state index contributed by atoms with van der Waals surface area (Å²) in [6, 6.07) is 21.0. The monoisotopic (exact) mass is 547 g/mol. The predicted octanol–water partition coefficient (Wildman–Crippen LogP) is 3.67. The van der Waals surface area contributed by atoms with Gasteiger partial charge in [0.1, 0.15) is 18.1 Å². The van der Waals surface area contributed by atoms with Crippen molar-refractivity contribution < 1.29 is 24.2 Å². The quantitative estimate of drug-likeness (QED) is 0.286. The van der Waals surface area contributed by atoms with Gasteiger partial charge in [-0.3, -0.25) is 15.0 Å². The number of carbonyl (C=O) groups excluding carboxylic acids is 2. The summed E-state index contributed by atoms with van der Waals surface area (Å²) >= 11 is 0. The Bertz CT molecular complexity index is 1260. The Labute approximate surface area is 234 Å². The maximum atomic E-state index is 12.7. The van der Waals surface area contributed by atoms with Crippen molar-refractivity contribution in [1.29, 1.82) is 0 Å². The van der Waals surface area contributed by atoms with Crippen molar-refractivity contribution in [1.82, 2.24) is 4.90 Å². The van der Waals surface area contributed by atoms with E-state index in [0.717, 1.165) is 37.4 Å². The Kier molecular flexibility index (Phi) is 10.2. The standard InChI is InChI=1S/C30H37N5O5/c1-2-39-28-9-4-3-8-27(28)33-30(38)40-19-18-34-14-16-35(17-15-34)24-7-5-6-23(21-24)32-29(37)26(31)20-22-10-12-25(36)13-11-22/h3-13,21,26,36H,2,14-20,31H2,1H3,(H,32,37)(H,33,38). The van der Waals surface area contributed by atoms with E-state index in [0.29, 0.717) is 36.7 Å². The summed E-state index contributed by atoms with van der Waals surface area (Å²) in [6.45, 7) is 6.60. The van der Waals surface area contributed by atoms with Crippen LogP contribution >= 0.6 is 0 Å². The lowest BCUT2D eigenvalue weighted by atomic mass is 10.1. The summed E-state index contributed by atoms with van der Waals surface area (Å²) in [4.78, 5) is 29.4. The molecule has 1 saturated heterocycles. The maximum Gasteiger partial charge on any atom is 0.411 e. The Hall–Kier alpha value is -4.28. The molecule has 10 heteroatoms. The molecule has 3 aromatic carbocycles. The van der Waals surface area contributed by atoms with E-state index in [9.17, 15) is 14.7 Å². The number of piperazine rings is 1. The van der Waals surface area contributed by atoms with Crippen LogP contribution in [-0.2, 0) is 16.0 Å². The molecule has 1 heterocycles. The molecule has 4 rings (SSSR count). The first-order valence-electron chi connectivity index (χ1n) is 13.5. The topological polar surface area (TPSA) is 129 Å². The number of carbonyl (C=O) groups is 2. The number of rotatable bonds is 11. The van der Waals surface area contributed by atoms with Gasteiger partial charge in [-0.15, -0.1) is 0 Å². The first-order chi connectivity index (χ1) is 19.4. The van der Waals surface area contributed by atoms with Gasteiger partial charge in [-0.1, -0.05) is 30.3 Å². The number of phenolic OH excluding ortho intramolecular Hbond substituents is 1. The van der Waals surface area contributed by atoms with Crippen molar-refractivity contribution in [3.63, 3.8) is 0 Å². The molecule has 212 valence electrons. The fourth-order valence-electron chi connectivity index (χ4n) is 4.49. The Balaban J connectivity index is 1.19. The van der Waals surface area contributed by atoms with Crippen LogP contribution in [-0.4, -0.2) is 74.0 Å². The molecule has 0 saturated carbocycles. The molecule has 0 aliphatic carbocycles. The molecule has 1 fully saturated rings. The lowest BCUT2D eigenvalue weighted by molar-refractivity contribution is -0.117. The van der Waals surface area contributed by atoms with Crippen LogP contribution in [0.25, 0.3) is 0 Å². The Morgan fingerprint density at radius 3 is 2.48 bits per heavy atom. The molecular formula is C30H37N5O5. The number of nitrogens with one attached hydrogen (secondary N) is 2. The third-order valence-electron chi connectivity index (χ3n) is 6.64. The number of para-hydroxylation sites is 2. The smallest absolute Gasteiger partial charge is 0.411 e. The van der Waals surface area contributed by atoms with Crippen LogP contribution in [0, 0.1) is 0 Å². The molecule has 0 aromatic heterocycles. The fourth-order valence-corrected chi connectivity index (χ4v) is 4.49. The van der Waals surface area contributed by atoms with E-state index in [1.54, 1.807) is 36.4 Å². The van der Waals surface area contributed by atoms with Crippen molar-refractivity contribution in [2.75, 3.05) is 61.5 Å². The van der Waals surface area contributed by atoms with E-state index >= 15 is 0 Å². The zero-order chi connectivity index (χ0) is 28.3. The zero-order valence-electron chi connectivity index (χ0n) is 22.7. The Morgan fingerprint density at radius 2 is 1.73 bits per heavy atom. The van der Waals surface area contributed by atoms with Gasteiger partial charge in [-0.05, 0) is 61.4 Å². The zero-order valence-corrected chi connectivity index (χ0v) is 22.7. The average molecular weight is 548 g/mol. The number of aromatic hydroxyl groups is 1. The van der Waals surface area contributed by atoms with Gasteiger partial charge in [0.25, 0.3) is 0 Å². The van der Waals surface area contributed by atoms with Gasteiger partial charge in [0.05, 0.1) is 18.3 Å². The van der Waals surface area contributed by atoms with E-state index in [1.807, 2.05) is 43.3 Å². The van der Waals surface area contributed by atoms with Gasteiger partial charge in [0, 0.05) is 44.1 Å². The second-order valence-corrected chi connectivity index (χ2v) is 9.54. The molecule has 0 radical (unpaired) electrons. The molecule has 1 unspecified atom stereocenters. The SMILES string of the molecule is CCOc1ccccc1NC(=O)OCCN1CCN(c2cccc(NC(=O)C(N)Cc3ccc(O)cc3)c2)CC1. The minimum Gasteiger partial charge on any atom is -0.508 e. The molecule has 40 heavy (non-hydrogen) atoms. The van der Waals surface area contributed by atoms with Crippen LogP contribution in [0.5, 0.6) is 11.5 Å². The molecule has 0 spiro atoms. The number of hydrogen-bond acceptors (Lipinski definition) is 8. The van der Waals surface area contributed by atoms with Crippen molar-refractivity contribution in [2.45, 2.75) is 19.4 Å². The van der Waals surface area contributed by atoms with Gasteiger partial charge in [-0.25, -0.2) is 4.79 Å². The van der Waals surface area contributed by atoms with Crippen LogP contribution < -0.4 is 26.0 Å². The van der Waals surface area contributed by atoms with E-state index in [4.69, 9.17) is 15.2 Å². The van der Waals surface area contributed by atoms with Gasteiger partial charge in [0.2, 0.25) is 5.91 Å². The summed E-state index contributed by atoms with van der Waals surface area (Å²) in [6.07, 6.45) is -0.132. The molecule has 1 aliphatic heterocycles. The Morgan fingerprint density at radius 1 is 0.975 bits per heavy atom. The second-order valence-electron chi connectivity index (χ2n) is 9.54. The normalized spacial score (nSPS) is 14.3. The molecule has 0 bridgehead atoms. The molecule has 5 N–H and O–H groups in total. The third-order valence-corrected chi connectivity index (χ3v) is 6.64. The van der Waals surface area contributed by atoms with Gasteiger partial charge in [0.15, 0.2) is 0 Å². The predicted molar refractivity (Wildman–Crippen MR) is 156 cm³/mol. The largest absolute Gasteiger partial charge is 0.508 e. The van der Waals surface area contributed by atoms with Crippen LogP contribution in [0.1, 0.15) is 12.5 Å². The van der Waals surface area contributed by atoms with Gasteiger partial charge >= 0.3 is 6.09 Å². The average Bonchev–Trinajstić information content (AvgIpc) is 2.96. The highest BCUT2D eigenvalue weighted by molar-refractivity contribution is 5.95. The summed E-state index contributed by atoms with van der Waals surface area (Å²) < 4.78 is 10.9. The third kappa shape index (κ3) is 8.36. The number of phenols is 1. The highest BCUT2D eigenvalue weighted by Crippen LogP contribution is 2.24. The number of benzene rings is 3. The molecule has 2 amide bonds. The lowest BCUT2D eigenvalue weighted by Crippen LogP contribution is -2.47. The van der Waals surface area contributed by atoms with Crippen LogP contribution in [0.15, 0.2) is 72.8 Å². The highest BCUT2D eigenvalue weighted by atomic mass is 16.5. The summed E-state index contributed by atoms with van der Waals surface area (Å²) in [7, 11) is 0. The van der Waals surface area contributed by atoms with E-state index in [-0.39, 0.29) is 18.3 Å². The van der Waals surface area contributed by atoms with Crippen molar-refractivity contribution in [3.05, 3.63) is 78.4 Å². The van der Waals surface area contributed by atoms with E-state index in [1.165, 1.54) is 0 Å². The minimum absolute atomic E-state index is 0.177. The minimum atomic E-state index is -0.708. The first kappa shape index (κ1) is 28.7. The number of ether oxygens (including phenoxy) is 2. The highest BCUT2D eigenvalue weighted by Gasteiger charge is 2.19. The van der Waals surface area contributed by atoms with Crippen LogP contribution in [0.4, 0.5) is 21.9 Å². The maximum absolute atomic E-state index is 12.7. The lowest BCUT2D eigenvalue weighted by Gasteiger charge is -2.36. The molecule has 3 aromatic rings. The molecular weight excluding hydrogens is 510 g/mol. The number of nitrogens with two attached hydrogens (primary N) is 1.